The van der Waals surface area contributed by atoms with Crippen LogP contribution >= 0.6 is 15.9 Å². The maximum Gasteiger partial charge on any atom is 0.00987 e. The maximum absolute atomic E-state index is 3.69. The molecule has 2 bridgehead atoms. The fraction of sp³-hybridized carbons (Fsp3) is 1.00. The van der Waals surface area contributed by atoms with Crippen LogP contribution < -0.4 is 0 Å². The van der Waals surface area contributed by atoms with Gasteiger partial charge in [0.2, 0.25) is 0 Å². The molecule has 0 radical (unpaired) electrons. The molecule has 1 nitrogen and oxygen atoms in total. The number of fused-ring (bicyclic) bond motifs is 2. The van der Waals surface area contributed by atoms with E-state index in [-0.39, 0.29) is 0 Å². The van der Waals surface area contributed by atoms with Crippen LogP contribution in [-0.2, 0) is 0 Å². The highest BCUT2D eigenvalue weighted by Gasteiger charge is 2.39. The quantitative estimate of drug-likeness (QED) is 0.712. The van der Waals surface area contributed by atoms with Gasteiger partial charge in [0.25, 0.3) is 0 Å². The molecule has 0 N–H and O–H groups in total. The number of piperidine rings is 1. The summed E-state index contributed by atoms with van der Waals surface area (Å²) < 4.78 is 0. The zero-order valence-electron chi connectivity index (χ0n) is 10.3. The van der Waals surface area contributed by atoms with Crippen LogP contribution in [0.3, 0.4) is 0 Å². The molecule has 0 spiro atoms. The standard InChI is InChI=1S/C13H24BrN/c1-13(2,3)11(7-14)9-15-8-10-4-5-12(15)6-10/h10-12H,4-9H2,1-3H3. The van der Waals surface area contributed by atoms with E-state index in [9.17, 15) is 0 Å². The second-order valence-electron chi connectivity index (χ2n) is 6.50. The van der Waals surface area contributed by atoms with Gasteiger partial charge in [-0.1, -0.05) is 36.7 Å². The van der Waals surface area contributed by atoms with Gasteiger partial charge in [-0.15, -0.1) is 0 Å². The van der Waals surface area contributed by atoms with Gasteiger partial charge in [0.1, 0.15) is 0 Å². The van der Waals surface area contributed by atoms with Crippen LogP contribution in [-0.4, -0.2) is 29.4 Å². The van der Waals surface area contributed by atoms with E-state index >= 15 is 0 Å². The van der Waals surface area contributed by atoms with Gasteiger partial charge in [-0.05, 0) is 36.5 Å². The lowest BCUT2D eigenvalue weighted by molar-refractivity contribution is 0.137. The van der Waals surface area contributed by atoms with Crippen LogP contribution in [0.15, 0.2) is 0 Å². The molecule has 15 heavy (non-hydrogen) atoms. The molecule has 2 aliphatic rings. The first-order valence-electron chi connectivity index (χ1n) is 6.30. The summed E-state index contributed by atoms with van der Waals surface area (Å²) in [5.41, 5.74) is 0.436. The first-order valence-corrected chi connectivity index (χ1v) is 7.43. The zero-order chi connectivity index (χ0) is 11.1. The maximum atomic E-state index is 3.69. The average molecular weight is 274 g/mol. The minimum Gasteiger partial charge on any atom is -0.300 e. The van der Waals surface area contributed by atoms with E-state index in [2.05, 4.69) is 41.6 Å². The normalized spacial score (nSPS) is 33.6. The number of halogens is 1. The molecular formula is C13H24BrN. The summed E-state index contributed by atoms with van der Waals surface area (Å²) in [5, 5.41) is 1.14. The highest BCUT2D eigenvalue weighted by molar-refractivity contribution is 9.09. The molecule has 1 heterocycles. The summed E-state index contributed by atoms with van der Waals surface area (Å²) in [6.07, 6.45) is 4.44. The van der Waals surface area contributed by atoms with Crippen molar-refractivity contribution in [3.05, 3.63) is 0 Å². The van der Waals surface area contributed by atoms with Crippen molar-refractivity contribution in [3.8, 4) is 0 Å². The molecule has 1 aliphatic heterocycles. The molecular weight excluding hydrogens is 250 g/mol. The van der Waals surface area contributed by atoms with Gasteiger partial charge in [0.15, 0.2) is 0 Å². The Morgan fingerprint density at radius 3 is 2.47 bits per heavy atom. The van der Waals surface area contributed by atoms with Gasteiger partial charge in [-0.2, -0.15) is 0 Å². The van der Waals surface area contributed by atoms with Gasteiger partial charge < -0.3 is 0 Å². The van der Waals surface area contributed by atoms with Crippen molar-refractivity contribution in [2.45, 2.75) is 46.1 Å². The van der Waals surface area contributed by atoms with Crippen molar-refractivity contribution in [3.63, 3.8) is 0 Å². The molecule has 2 heteroatoms. The molecule has 1 saturated carbocycles. The second kappa shape index (κ2) is 4.37. The third-order valence-electron chi connectivity index (χ3n) is 4.39. The lowest BCUT2D eigenvalue weighted by Crippen LogP contribution is -2.40. The molecule has 0 aromatic heterocycles. The molecule has 3 unspecified atom stereocenters. The van der Waals surface area contributed by atoms with E-state index in [1.807, 2.05) is 0 Å². The van der Waals surface area contributed by atoms with Crippen molar-refractivity contribution >= 4 is 15.9 Å². The number of hydrogen-bond acceptors (Lipinski definition) is 1. The van der Waals surface area contributed by atoms with Crippen LogP contribution in [0.4, 0.5) is 0 Å². The largest absolute Gasteiger partial charge is 0.300 e. The van der Waals surface area contributed by atoms with E-state index in [1.165, 1.54) is 32.4 Å². The monoisotopic (exact) mass is 273 g/mol. The molecule has 1 saturated heterocycles. The highest BCUT2D eigenvalue weighted by Crippen LogP contribution is 2.39. The Morgan fingerprint density at radius 1 is 1.33 bits per heavy atom. The number of rotatable bonds is 3. The lowest BCUT2D eigenvalue weighted by Gasteiger charge is -2.36. The summed E-state index contributed by atoms with van der Waals surface area (Å²) in [6.45, 7) is 9.79. The molecule has 0 amide bonds. The van der Waals surface area contributed by atoms with Crippen molar-refractivity contribution in [2.24, 2.45) is 17.3 Å². The van der Waals surface area contributed by atoms with Gasteiger partial charge >= 0.3 is 0 Å². The number of nitrogens with zero attached hydrogens (tertiary/aromatic N) is 1. The fourth-order valence-corrected chi connectivity index (χ4v) is 4.26. The SMILES string of the molecule is CC(C)(C)C(CBr)CN1CC2CCC1C2. The van der Waals surface area contributed by atoms with Gasteiger partial charge in [0, 0.05) is 24.5 Å². The number of likely N-dealkylation sites (tertiary alicyclic amines) is 1. The molecule has 3 atom stereocenters. The molecule has 1 aliphatic carbocycles. The molecule has 2 rings (SSSR count). The van der Waals surface area contributed by atoms with Crippen LogP contribution in [0.5, 0.6) is 0 Å². The summed E-state index contributed by atoms with van der Waals surface area (Å²) >= 11 is 3.69. The van der Waals surface area contributed by atoms with Gasteiger partial charge in [-0.3, -0.25) is 4.90 Å². The minimum absolute atomic E-state index is 0.436. The van der Waals surface area contributed by atoms with E-state index in [0.29, 0.717) is 5.41 Å². The minimum atomic E-state index is 0.436. The summed E-state index contributed by atoms with van der Waals surface area (Å²) in [6, 6.07) is 0.930. The predicted molar refractivity (Wildman–Crippen MR) is 69.4 cm³/mol. The smallest absolute Gasteiger partial charge is 0.00987 e. The fourth-order valence-electron chi connectivity index (χ4n) is 3.09. The summed E-state index contributed by atoms with van der Waals surface area (Å²) in [7, 11) is 0. The van der Waals surface area contributed by atoms with E-state index in [4.69, 9.17) is 0 Å². The number of hydrogen-bond donors (Lipinski definition) is 0. The lowest BCUT2D eigenvalue weighted by atomic mass is 9.81. The van der Waals surface area contributed by atoms with Crippen LogP contribution in [0, 0.1) is 17.3 Å². The highest BCUT2D eigenvalue weighted by atomic mass is 79.9. The van der Waals surface area contributed by atoms with Crippen molar-refractivity contribution in [1.82, 2.24) is 4.90 Å². The summed E-state index contributed by atoms with van der Waals surface area (Å²) in [4.78, 5) is 2.76. The van der Waals surface area contributed by atoms with Crippen molar-refractivity contribution in [2.75, 3.05) is 18.4 Å². The number of alkyl halides is 1. The van der Waals surface area contributed by atoms with E-state index < -0.39 is 0 Å². The molecule has 0 aromatic rings. The zero-order valence-corrected chi connectivity index (χ0v) is 11.9. The Hall–Kier alpha value is 0.440. The molecule has 0 aromatic carbocycles. The van der Waals surface area contributed by atoms with Crippen molar-refractivity contribution in [1.29, 1.82) is 0 Å². The third-order valence-corrected chi connectivity index (χ3v) is 5.17. The van der Waals surface area contributed by atoms with Crippen LogP contribution in [0.1, 0.15) is 40.0 Å². The Kier molecular flexibility index (Phi) is 3.47. The topological polar surface area (TPSA) is 3.24 Å². The molecule has 88 valence electrons. The van der Waals surface area contributed by atoms with Crippen LogP contribution in [0.25, 0.3) is 0 Å². The van der Waals surface area contributed by atoms with E-state index in [0.717, 1.165) is 23.2 Å². The first-order chi connectivity index (χ1) is 7.00. The molecule has 2 fully saturated rings. The Balaban J connectivity index is 1.90. The average Bonchev–Trinajstić information content (AvgIpc) is 2.72. The Bertz CT molecular complexity index is 221. The van der Waals surface area contributed by atoms with Gasteiger partial charge in [0.05, 0.1) is 0 Å². The predicted octanol–water partition coefficient (Wildman–Crippen LogP) is 3.53. The third kappa shape index (κ3) is 2.58. The van der Waals surface area contributed by atoms with E-state index in [1.54, 1.807) is 0 Å². The Morgan fingerprint density at radius 2 is 2.07 bits per heavy atom. The first kappa shape index (κ1) is 11.9. The van der Waals surface area contributed by atoms with Crippen molar-refractivity contribution < 1.29 is 0 Å². The second-order valence-corrected chi connectivity index (χ2v) is 7.15. The van der Waals surface area contributed by atoms with Crippen LogP contribution in [0.2, 0.25) is 0 Å². The Labute approximate surface area is 103 Å². The van der Waals surface area contributed by atoms with Gasteiger partial charge in [-0.25, -0.2) is 0 Å². The summed E-state index contributed by atoms with van der Waals surface area (Å²) in [5.74, 6) is 1.82.